The van der Waals surface area contributed by atoms with Crippen molar-refractivity contribution in [1.29, 1.82) is 0 Å². The Hall–Kier alpha value is -3.23. The maximum atomic E-state index is 13.1. The smallest absolute Gasteiger partial charge is 0.276 e. The molecule has 4 rings (SSSR count). The predicted octanol–water partition coefficient (Wildman–Crippen LogP) is 1.60. The quantitative estimate of drug-likeness (QED) is 0.677. The van der Waals surface area contributed by atoms with Gasteiger partial charge in [-0.05, 0) is 32.9 Å². The molecule has 0 bridgehead atoms. The topological polar surface area (TPSA) is 93.2 Å². The average Bonchev–Trinajstić information content (AvgIpc) is 3.23. The molecule has 0 unspecified atom stereocenters. The fraction of sp³-hybridized carbons (Fsp3) is 0.421. The van der Waals surface area contributed by atoms with Crippen LogP contribution in [0, 0.1) is 20.8 Å². The van der Waals surface area contributed by atoms with E-state index in [9.17, 15) is 4.79 Å². The van der Waals surface area contributed by atoms with Gasteiger partial charge >= 0.3 is 0 Å². The number of carbonyl (C=O) groups excluding carboxylic acids is 1. The van der Waals surface area contributed by atoms with Crippen LogP contribution >= 0.6 is 0 Å². The summed E-state index contributed by atoms with van der Waals surface area (Å²) in [6, 6.07) is 3.80. The van der Waals surface area contributed by atoms with Gasteiger partial charge in [0.25, 0.3) is 5.91 Å². The van der Waals surface area contributed by atoms with Crippen LogP contribution in [0.2, 0.25) is 0 Å². The van der Waals surface area contributed by atoms with E-state index in [-0.39, 0.29) is 5.91 Å². The summed E-state index contributed by atoms with van der Waals surface area (Å²) in [7, 11) is 0. The van der Waals surface area contributed by atoms with Crippen LogP contribution in [-0.4, -0.2) is 61.9 Å². The van der Waals surface area contributed by atoms with Crippen LogP contribution < -0.4 is 4.90 Å². The van der Waals surface area contributed by atoms with E-state index >= 15 is 0 Å². The molecule has 146 valence electrons. The summed E-state index contributed by atoms with van der Waals surface area (Å²) in [5.74, 6) is 1.23. The standard InChI is InChI=1S/C19H23N7O2/c1-13-11-14(2)26(22-13)12-16-15(3)28-23-17(16)18(27)24-7-9-25(10-8-24)19-20-5-4-6-21-19/h4-6,11H,7-10,12H2,1-3H3. The largest absolute Gasteiger partial charge is 0.361 e. The summed E-state index contributed by atoms with van der Waals surface area (Å²) in [4.78, 5) is 25.5. The molecule has 0 aromatic carbocycles. The number of rotatable bonds is 4. The van der Waals surface area contributed by atoms with E-state index in [4.69, 9.17) is 4.52 Å². The first-order valence-electron chi connectivity index (χ1n) is 9.30. The highest BCUT2D eigenvalue weighted by atomic mass is 16.5. The second-order valence-electron chi connectivity index (χ2n) is 6.98. The molecule has 9 heteroatoms. The van der Waals surface area contributed by atoms with E-state index in [1.54, 1.807) is 23.4 Å². The third-order valence-corrected chi connectivity index (χ3v) is 5.00. The molecule has 0 radical (unpaired) electrons. The Morgan fingerprint density at radius 3 is 2.46 bits per heavy atom. The van der Waals surface area contributed by atoms with Crippen LogP contribution in [0.3, 0.4) is 0 Å². The van der Waals surface area contributed by atoms with Crippen LogP contribution in [0.4, 0.5) is 5.95 Å². The number of anilines is 1. The van der Waals surface area contributed by atoms with E-state index in [2.05, 4.69) is 25.1 Å². The molecule has 1 fully saturated rings. The molecular weight excluding hydrogens is 358 g/mol. The molecule has 4 heterocycles. The van der Waals surface area contributed by atoms with Gasteiger partial charge in [-0.25, -0.2) is 9.97 Å². The monoisotopic (exact) mass is 381 g/mol. The highest BCUT2D eigenvalue weighted by Crippen LogP contribution is 2.19. The summed E-state index contributed by atoms with van der Waals surface area (Å²) in [6.07, 6.45) is 3.45. The number of aryl methyl sites for hydroxylation is 3. The van der Waals surface area contributed by atoms with Crippen molar-refractivity contribution >= 4 is 11.9 Å². The molecule has 0 saturated carbocycles. The van der Waals surface area contributed by atoms with Gasteiger partial charge in [-0.2, -0.15) is 5.10 Å². The Morgan fingerprint density at radius 2 is 1.82 bits per heavy atom. The molecule has 9 nitrogen and oxygen atoms in total. The number of carbonyl (C=O) groups is 1. The Labute approximate surface area is 163 Å². The van der Waals surface area contributed by atoms with E-state index in [1.807, 2.05) is 31.5 Å². The van der Waals surface area contributed by atoms with Gasteiger partial charge in [-0.3, -0.25) is 9.48 Å². The maximum absolute atomic E-state index is 13.1. The second-order valence-corrected chi connectivity index (χ2v) is 6.98. The summed E-state index contributed by atoms with van der Waals surface area (Å²) in [6.45, 7) is 8.77. The summed E-state index contributed by atoms with van der Waals surface area (Å²) in [5.41, 5.74) is 3.13. The Kier molecular flexibility index (Phi) is 4.81. The molecule has 3 aromatic heterocycles. The SMILES string of the molecule is Cc1cc(C)n(Cc2c(C(=O)N3CCN(c4ncccn4)CC3)noc2C)n1. The molecule has 3 aromatic rings. The van der Waals surface area contributed by atoms with Crippen LogP contribution in [0.1, 0.15) is 33.2 Å². The van der Waals surface area contributed by atoms with Crippen molar-refractivity contribution < 1.29 is 9.32 Å². The number of aromatic nitrogens is 5. The maximum Gasteiger partial charge on any atom is 0.276 e. The Balaban J connectivity index is 1.48. The molecule has 0 aliphatic carbocycles. The van der Waals surface area contributed by atoms with Gasteiger partial charge in [-0.15, -0.1) is 0 Å². The van der Waals surface area contributed by atoms with Gasteiger partial charge in [-0.1, -0.05) is 5.16 Å². The molecule has 1 saturated heterocycles. The molecule has 0 N–H and O–H groups in total. The lowest BCUT2D eigenvalue weighted by atomic mass is 10.1. The molecule has 0 atom stereocenters. The zero-order chi connectivity index (χ0) is 19.7. The normalized spacial score (nSPS) is 14.5. The van der Waals surface area contributed by atoms with Crippen molar-refractivity contribution in [3.63, 3.8) is 0 Å². The highest BCUT2D eigenvalue weighted by Gasteiger charge is 2.28. The van der Waals surface area contributed by atoms with Crippen molar-refractivity contribution in [3.8, 4) is 0 Å². The molecule has 1 aliphatic heterocycles. The van der Waals surface area contributed by atoms with Crippen molar-refractivity contribution in [1.82, 2.24) is 29.8 Å². The first-order chi connectivity index (χ1) is 13.5. The lowest BCUT2D eigenvalue weighted by Gasteiger charge is -2.34. The fourth-order valence-corrected chi connectivity index (χ4v) is 3.44. The van der Waals surface area contributed by atoms with E-state index in [0.29, 0.717) is 50.1 Å². The van der Waals surface area contributed by atoms with Crippen molar-refractivity contribution in [2.75, 3.05) is 31.1 Å². The minimum atomic E-state index is -0.109. The van der Waals surface area contributed by atoms with Crippen LogP contribution in [0.15, 0.2) is 29.0 Å². The summed E-state index contributed by atoms with van der Waals surface area (Å²) in [5, 5.41) is 8.54. The van der Waals surface area contributed by atoms with Gasteiger partial charge < -0.3 is 14.3 Å². The molecule has 1 amide bonds. The van der Waals surface area contributed by atoms with Crippen molar-refractivity contribution in [2.45, 2.75) is 27.3 Å². The van der Waals surface area contributed by atoms with E-state index in [0.717, 1.165) is 17.0 Å². The van der Waals surface area contributed by atoms with Crippen LogP contribution in [-0.2, 0) is 6.54 Å². The third-order valence-electron chi connectivity index (χ3n) is 5.00. The van der Waals surface area contributed by atoms with E-state index in [1.165, 1.54) is 0 Å². The zero-order valence-electron chi connectivity index (χ0n) is 16.3. The minimum Gasteiger partial charge on any atom is -0.361 e. The lowest BCUT2D eigenvalue weighted by Crippen LogP contribution is -2.49. The van der Waals surface area contributed by atoms with Crippen molar-refractivity contribution in [3.05, 3.63) is 52.9 Å². The van der Waals surface area contributed by atoms with E-state index < -0.39 is 0 Å². The summed E-state index contributed by atoms with van der Waals surface area (Å²) >= 11 is 0. The fourth-order valence-electron chi connectivity index (χ4n) is 3.44. The first-order valence-corrected chi connectivity index (χ1v) is 9.30. The zero-order valence-corrected chi connectivity index (χ0v) is 16.3. The Bertz CT molecular complexity index is 972. The number of piperazine rings is 1. The number of amides is 1. The number of nitrogens with zero attached hydrogens (tertiary/aromatic N) is 7. The second kappa shape index (κ2) is 7.41. The van der Waals surface area contributed by atoms with Gasteiger partial charge in [0.2, 0.25) is 5.95 Å². The number of hydrogen-bond donors (Lipinski definition) is 0. The Morgan fingerprint density at radius 1 is 1.11 bits per heavy atom. The molecule has 0 spiro atoms. The minimum absolute atomic E-state index is 0.109. The van der Waals surface area contributed by atoms with Crippen LogP contribution in [0.5, 0.6) is 0 Å². The molecular formula is C19H23N7O2. The summed E-state index contributed by atoms with van der Waals surface area (Å²) < 4.78 is 7.22. The van der Waals surface area contributed by atoms with Crippen molar-refractivity contribution in [2.24, 2.45) is 0 Å². The molecule has 1 aliphatic rings. The lowest BCUT2D eigenvalue weighted by molar-refractivity contribution is 0.0734. The van der Waals surface area contributed by atoms with Gasteiger partial charge in [0.15, 0.2) is 5.69 Å². The van der Waals surface area contributed by atoms with Crippen LogP contribution in [0.25, 0.3) is 0 Å². The average molecular weight is 381 g/mol. The van der Waals surface area contributed by atoms with Gasteiger partial charge in [0.05, 0.1) is 12.2 Å². The van der Waals surface area contributed by atoms with Gasteiger partial charge in [0.1, 0.15) is 5.76 Å². The predicted molar refractivity (Wildman–Crippen MR) is 102 cm³/mol. The highest BCUT2D eigenvalue weighted by molar-refractivity contribution is 5.94. The van der Waals surface area contributed by atoms with Gasteiger partial charge in [0, 0.05) is 49.8 Å². The first kappa shape index (κ1) is 18.1. The third kappa shape index (κ3) is 3.47. The molecule has 28 heavy (non-hydrogen) atoms. The number of hydrogen-bond acceptors (Lipinski definition) is 7.